The minimum Gasteiger partial charge on any atom is -0.497 e. The van der Waals surface area contributed by atoms with Gasteiger partial charge in [-0.3, -0.25) is 0 Å². The number of methoxy groups -OCH3 is 1. The molecule has 0 aliphatic carbocycles. The normalized spacial score (nSPS) is 11.7. The van der Waals surface area contributed by atoms with Gasteiger partial charge in [-0.1, -0.05) is 0 Å². The summed E-state index contributed by atoms with van der Waals surface area (Å²) in [6.07, 6.45) is -4.58. The minimum atomic E-state index is -4.58. The number of nitrogens with zero attached hydrogens (tertiary/aromatic N) is 3. The Hall–Kier alpha value is -2.05. The highest BCUT2D eigenvalue weighted by Crippen LogP contribution is 2.33. The van der Waals surface area contributed by atoms with E-state index in [1.54, 1.807) is 17.0 Å². The molecule has 0 fully saturated rings. The summed E-state index contributed by atoms with van der Waals surface area (Å²) in [5.41, 5.74) is 0.221. The van der Waals surface area contributed by atoms with Crippen LogP contribution in [-0.2, 0) is 6.18 Å². The number of fused-ring (bicyclic) bond motifs is 1. The van der Waals surface area contributed by atoms with Crippen molar-refractivity contribution in [2.45, 2.75) is 20.0 Å². The molecule has 0 bridgehead atoms. The molecule has 0 saturated carbocycles. The first kappa shape index (κ1) is 15.3. The fraction of sp³-hybridized carbons (Fsp3) is 0.429. The Bertz CT molecular complexity index is 639. The lowest BCUT2D eigenvalue weighted by Gasteiger charge is -2.22. The van der Waals surface area contributed by atoms with Gasteiger partial charge in [0.2, 0.25) is 5.82 Å². The fourth-order valence-corrected chi connectivity index (χ4v) is 2.11. The van der Waals surface area contributed by atoms with E-state index in [9.17, 15) is 13.2 Å². The summed E-state index contributed by atoms with van der Waals surface area (Å²) in [7, 11) is 1.46. The van der Waals surface area contributed by atoms with E-state index < -0.39 is 12.0 Å². The van der Waals surface area contributed by atoms with Crippen molar-refractivity contribution in [1.82, 2.24) is 9.97 Å². The molecular weight excluding hydrogens is 283 g/mol. The van der Waals surface area contributed by atoms with Gasteiger partial charge in [-0.2, -0.15) is 13.2 Å². The van der Waals surface area contributed by atoms with Crippen LogP contribution in [0.5, 0.6) is 5.75 Å². The third-order valence-corrected chi connectivity index (χ3v) is 3.20. The highest BCUT2D eigenvalue weighted by Gasteiger charge is 2.36. The monoisotopic (exact) mass is 299 g/mol. The number of aromatic nitrogens is 2. The molecule has 1 heterocycles. The predicted octanol–water partition coefficient (Wildman–Crippen LogP) is 3.50. The van der Waals surface area contributed by atoms with Gasteiger partial charge in [0.15, 0.2) is 0 Å². The van der Waals surface area contributed by atoms with Crippen LogP contribution >= 0.6 is 0 Å². The molecule has 21 heavy (non-hydrogen) atoms. The van der Waals surface area contributed by atoms with Crippen molar-refractivity contribution in [3.63, 3.8) is 0 Å². The Labute approximate surface area is 120 Å². The quantitative estimate of drug-likeness (QED) is 0.866. The van der Waals surface area contributed by atoms with Crippen LogP contribution < -0.4 is 9.64 Å². The third-order valence-electron chi connectivity index (χ3n) is 3.20. The smallest absolute Gasteiger partial charge is 0.451 e. The molecule has 1 aromatic carbocycles. The molecule has 2 aromatic rings. The number of ether oxygens (including phenoxy) is 1. The van der Waals surface area contributed by atoms with Crippen molar-refractivity contribution >= 4 is 16.7 Å². The highest BCUT2D eigenvalue weighted by molar-refractivity contribution is 5.90. The van der Waals surface area contributed by atoms with Gasteiger partial charge in [0.1, 0.15) is 11.6 Å². The van der Waals surface area contributed by atoms with E-state index in [0.717, 1.165) is 0 Å². The van der Waals surface area contributed by atoms with Crippen LogP contribution in [0.1, 0.15) is 19.7 Å². The first-order chi connectivity index (χ1) is 9.90. The highest BCUT2D eigenvalue weighted by atomic mass is 19.4. The zero-order valence-corrected chi connectivity index (χ0v) is 12.0. The first-order valence-corrected chi connectivity index (χ1v) is 6.58. The van der Waals surface area contributed by atoms with Crippen molar-refractivity contribution in [2.24, 2.45) is 0 Å². The van der Waals surface area contributed by atoms with E-state index >= 15 is 0 Å². The molecular formula is C14H16F3N3O. The molecule has 2 rings (SSSR count). The number of anilines is 1. The van der Waals surface area contributed by atoms with Gasteiger partial charge in [-0.25, -0.2) is 9.97 Å². The first-order valence-electron chi connectivity index (χ1n) is 6.58. The Morgan fingerprint density at radius 3 is 2.33 bits per heavy atom. The molecule has 4 nitrogen and oxygen atoms in total. The molecule has 0 radical (unpaired) electrons. The number of halogens is 3. The number of benzene rings is 1. The second kappa shape index (κ2) is 5.75. The van der Waals surface area contributed by atoms with E-state index in [-0.39, 0.29) is 5.52 Å². The van der Waals surface area contributed by atoms with Gasteiger partial charge >= 0.3 is 6.18 Å². The largest absolute Gasteiger partial charge is 0.497 e. The third kappa shape index (κ3) is 3.01. The summed E-state index contributed by atoms with van der Waals surface area (Å²) >= 11 is 0. The molecule has 0 aliphatic heterocycles. The second-order valence-corrected chi connectivity index (χ2v) is 4.42. The zero-order chi connectivity index (χ0) is 15.6. The van der Waals surface area contributed by atoms with Crippen molar-refractivity contribution < 1.29 is 17.9 Å². The lowest BCUT2D eigenvalue weighted by Crippen LogP contribution is -2.25. The summed E-state index contributed by atoms with van der Waals surface area (Å²) in [5.74, 6) is -0.384. The molecule has 0 atom stereocenters. The average Bonchev–Trinajstić information content (AvgIpc) is 2.46. The van der Waals surface area contributed by atoms with E-state index in [1.807, 2.05) is 13.8 Å². The van der Waals surface area contributed by atoms with Crippen LogP contribution in [0.3, 0.4) is 0 Å². The van der Waals surface area contributed by atoms with Gasteiger partial charge in [-0.05, 0) is 26.0 Å². The maximum Gasteiger partial charge on any atom is 0.451 e. The maximum atomic E-state index is 13.0. The Kier molecular flexibility index (Phi) is 4.20. The summed E-state index contributed by atoms with van der Waals surface area (Å²) in [6.45, 7) is 4.86. The van der Waals surface area contributed by atoms with Crippen molar-refractivity contribution in [1.29, 1.82) is 0 Å². The summed E-state index contributed by atoms with van der Waals surface area (Å²) in [6, 6.07) is 4.85. The Morgan fingerprint density at radius 1 is 1.14 bits per heavy atom. The van der Waals surface area contributed by atoms with Crippen LogP contribution in [0.25, 0.3) is 10.9 Å². The van der Waals surface area contributed by atoms with Crippen LogP contribution in [0.4, 0.5) is 19.0 Å². The van der Waals surface area contributed by atoms with Crippen molar-refractivity contribution in [3.8, 4) is 5.75 Å². The zero-order valence-electron chi connectivity index (χ0n) is 12.0. The van der Waals surface area contributed by atoms with Gasteiger partial charge in [0.05, 0.1) is 12.6 Å². The maximum absolute atomic E-state index is 13.0. The van der Waals surface area contributed by atoms with Crippen molar-refractivity contribution in [2.75, 3.05) is 25.1 Å². The number of hydrogen-bond acceptors (Lipinski definition) is 4. The van der Waals surface area contributed by atoms with Gasteiger partial charge in [0, 0.05) is 24.5 Å². The van der Waals surface area contributed by atoms with Crippen LogP contribution in [0.15, 0.2) is 18.2 Å². The summed E-state index contributed by atoms with van der Waals surface area (Å²) in [4.78, 5) is 9.11. The van der Waals surface area contributed by atoms with Crippen LogP contribution in [0, 0.1) is 0 Å². The van der Waals surface area contributed by atoms with Crippen molar-refractivity contribution in [3.05, 3.63) is 24.0 Å². The average molecular weight is 299 g/mol. The molecule has 0 saturated heterocycles. The SMILES string of the molecule is CCN(CC)c1nc(C(F)(F)F)nc2cc(OC)ccc12. The molecule has 0 unspecified atom stereocenters. The Morgan fingerprint density at radius 2 is 1.81 bits per heavy atom. The number of rotatable bonds is 4. The molecule has 7 heteroatoms. The fourth-order valence-electron chi connectivity index (χ4n) is 2.11. The minimum absolute atomic E-state index is 0.221. The molecule has 1 aromatic heterocycles. The number of alkyl halides is 3. The topological polar surface area (TPSA) is 38.2 Å². The summed E-state index contributed by atoms with van der Waals surface area (Å²) < 4.78 is 44.0. The standard InChI is InChI=1S/C14H16F3N3O/c1-4-20(5-2)12-10-7-6-9(21-3)8-11(10)18-13(19-12)14(15,16)17/h6-8H,4-5H2,1-3H3. The van der Waals surface area contributed by atoms with E-state index in [0.29, 0.717) is 30.0 Å². The van der Waals surface area contributed by atoms with Crippen LogP contribution in [-0.4, -0.2) is 30.2 Å². The van der Waals surface area contributed by atoms with Gasteiger partial charge in [-0.15, -0.1) is 0 Å². The van der Waals surface area contributed by atoms with Crippen LogP contribution in [0.2, 0.25) is 0 Å². The Balaban J connectivity index is 2.74. The predicted molar refractivity (Wildman–Crippen MR) is 74.7 cm³/mol. The molecule has 114 valence electrons. The lowest BCUT2D eigenvalue weighted by molar-refractivity contribution is -0.144. The van der Waals surface area contributed by atoms with Gasteiger partial charge in [0.25, 0.3) is 0 Å². The molecule has 0 spiro atoms. The lowest BCUT2D eigenvalue weighted by atomic mass is 10.2. The molecule has 0 N–H and O–H groups in total. The van der Waals surface area contributed by atoms with E-state index in [1.165, 1.54) is 13.2 Å². The number of hydrogen-bond donors (Lipinski definition) is 0. The van der Waals surface area contributed by atoms with E-state index in [4.69, 9.17) is 4.74 Å². The molecule has 0 amide bonds. The van der Waals surface area contributed by atoms with E-state index in [2.05, 4.69) is 9.97 Å². The summed E-state index contributed by atoms with van der Waals surface area (Å²) in [5, 5.41) is 0.576. The van der Waals surface area contributed by atoms with Gasteiger partial charge < -0.3 is 9.64 Å². The second-order valence-electron chi connectivity index (χ2n) is 4.42. The molecule has 0 aliphatic rings.